The van der Waals surface area contributed by atoms with Crippen LogP contribution in [0.2, 0.25) is 0 Å². The number of nitrogens with one attached hydrogen (secondary N) is 3. The number of methoxy groups -OCH3 is 1. The van der Waals surface area contributed by atoms with Gasteiger partial charge in [0.15, 0.2) is 17.5 Å². The molecule has 0 fully saturated rings. The summed E-state index contributed by atoms with van der Waals surface area (Å²) in [7, 11) is 1.59. The summed E-state index contributed by atoms with van der Waals surface area (Å²) in [6.07, 6.45) is 0. The quantitative estimate of drug-likeness (QED) is 0.294. The molecule has 0 bridgehead atoms. The van der Waals surface area contributed by atoms with E-state index in [9.17, 15) is 4.79 Å². The van der Waals surface area contributed by atoms with Crippen molar-refractivity contribution in [2.45, 2.75) is 13.8 Å². The van der Waals surface area contributed by atoms with Crippen molar-refractivity contribution >= 4 is 47.2 Å². The number of hydrogen-bond donors (Lipinski definition) is 3. The molecule has 2 rings (SSSR count). The van der Waals surface area contributed by atoms with Crippen LogP contribution < -0.4 is 25.4 Å². The molecule has 0 aliphatic heterocycles. The van der Waals surface area contributed by atoms with Gasteiger partial charge < -0.3 is 25.4 Å². The molecule has 0 unspecified atom stereocenters. The molecule has 0 spiro atoms. The molecule has 0 saturated carbocycles. The van der Waals surface area contributed by atoms with E-state index in [1.165, 1.54) is 0 Å². The summed E-state index contributed by atoms with van der Waals surface area (Å²) < 4.78 is 10.9. The lowest BCUT2D eigenvalue weighted by atomic mass is 10.2. The molecule has 0 atom stereocenters. The molecule has 3 N–H and O–H groups in total. The summed E-state index contributed by atoms with van der Waals surface area (Å²) in [5.41, 5.74) is 1.52. The summed E-state index contributed by atoms with van der Waals surface area (Å²) in [4.78, 5) is 16.4. The zero-order valence-electron chi connectivity index (χ0n) is 16.3. The maximum atomic E-state index is 12.1. The highest BCUT2D eigenvalue weighted by Crippen LogP contribution is 2.30. The second-order valence-electron chi connectivity index (χ2n) is 5.53. The first-order valence-corrected chi connectivity index (χ1v) is 8.87. The van der Waals surface area contributed by atoms with E-state index in [-0.39, 0.29) is 36.4 Å². The monoisotopic (exact) mass is 498 g/mol. The molecule has 0 aromatic heterocycles. The Kier molecular flexibility index (Phi) is 10.8. The summed E-state index contributed by atoms with van der Waals surface area (Å²) in [6, 6.07) is 14.8. The zero-order chi connectivity index (χ0) is 19.5. The third-order valence-corrected chi connectivity index (χ3v) is 3.51. The van der Waals surface area contributed by atoms with Crippen molar-refractivity contribution in [1.82, 2.24) is 5.32 Å². The molecule has 0 radical (unpaired) electrons. The fraction of sp³-hybridized carbons (Fsp3) is 0.300. The van der Waals surface area contributed by atoms with E-state index in [1.54, 1.807) is 7.11 Å². The van der Waals surface area contributed by atoms with Crippen LogP contribution in [-0.4, -0.2) is 38.7 Å². The Hall–Kier alpha value is -2.49. The molecular formula is C20H27IN4O3. The van der Waals surface area contributed by atoms with Gasteiger partial charge in [-0.2, -0.15) is 0 Å². The van der Waals surface area contributed by atoms with Gasteiger partial charge in [-0.1, -0.05) is 18.2 Å². The zero-order valence-corrected chi connectivity index (χ0v) is 18.7. The van der Waals surface area contributed by atoms with Gasteiger partial charge in [0, 0.05) is 24.0 Å². The maximum absolute atomic E-state index is 12.1. The number of anilines is 2. The first kappa shape index (κ1) is 23.5. The van der Waals surface area contributed by atoms with Crippen molar-refractivity contribution in [1.29, 1.82) is 0 Å². The van der Waals surface area contributed by atoms with Crippen molar-refractivity contribution in [3.05, 3.63) is 48.5 Å². The van der Waals surface area contributed by atoms with Crippen LogP contribution in [0.3, 0.4) is 0 Å². The van der Waals surface area contributed by atoms with Gasteiger partial charge in [-0.05, 0) is 38.1 Å². The fourth-order valence-electron chi connectivity index (χ4n) is 2.34. The van der Waals surface area contributed by atoms with Crippen LogP contribution >= 0.6 is 24.0 Å². The van der Waals surface area contributed by atoms with Crippen LogP contribution in [0.4, 0.5) is 11.4 Å². The molecule has 1 amide bonds. The lowest BCUT2D eigenvalue weighted by Gasteiger charge is -2.14. The summed E-state index contributed by atoms with van der Waals surface area (Å²) in [6.45, 7) is 5.10. The molecule has 0 heterocycles. The lowest BCUT2D eigenvalue weighted by Crippen LogP contribution is -2.31. The molecule has 2 aromatic rings. The van der Waals surface area contributed by atoms with Crippen LogP contribution in [0.25, 0.3) is 0 Å². The third-order valence-electron chi connectivity index (χ3n) is 3.51. The number of carbonyl (C=O) groups excluding carboxylic acids is 1. The van der Waals surface area contributed by atoms with Crippen molar-refractivity contribution < 1.29 is 14.3 Å². The van der Waals surface area contributed by atoms with E-state index in [0.717, 1.165) is 11.4 Å². The number of guanidine groups is 1. The Morgan fingerprint density at radius 2 is 1.75 bits per heavy atom. The number of hydrogen-bond acceptors (Lipinski definition) is 4. The molecule has 0 saturated heterocycles. The average molecular weight is 498 g/mol. The van der Waals surface area contributed by atoms with Gasteiger partial charge in [0.05, 0.1) is 13.7 Å². The highest BCUT2D eigenvalue weighted by atomic mass is 127. The number of amides is 1. The topological polar surface area (TPSA) is 84.0 Å². The van der Waals surface area contributed by atoms with E-state index < -0.39 is 0 Å². The van der Waals surface area contributed by atoms with Crippen LogP contribution in [-0.2, 0) is 4.79 Å². The largest absolute Gasteiger partial charge is 0.493 e. The minimum atomic E-state index is -0.192. The highest BCUT2D eigenvalue weighted by Gasteiger charge is 2.08. The number of benzene rings is 2. The predicted octanol–water partition coefficient (Wildman–Crippen LogP) is 3.73. The Morgan fingerprint density at radius 3 is 2.39 bits per heavy atom. The molecule has 0 aliphatic carbocycles. The number of nitrogens with zero attached hydrogens (tertiary/aromatic N) is 1. The number of para-hydroxylation sites is 1. The van der Waals surface area contributed by atoms with Crippen molar-refractivity contribution in [3.8, 4) is 11.5 Å². The van der Waals surface area contributed by atoms with Crippen LogP contribution in [0.1, 0.15) is 13.8 Å². The highest BCUT2D eigenvalue weighted by molar-refractivity contribution is 14.0. The summed E-state index contributed by atoms with van der Waals surface area (Å²) in [5.74, 6) is 1.61. The van der Waals surface area contributed by atoms with E-state index in [2.05, 4.69) is 20.9 Å². The van der Waals surface area contributed by atoms with Gasteiger partial charge in [-0.25, -0.2) is 4.99 Å². The number of carbonyl (C=O) groups is 1. The molecule has 2 aromatic carbocycles. The van der Waals surface area contributed by atoms with E-state index >= 15 is 0 Å². The van der Waals surface area contributed by atoms with Gasteiger partial charge >= 0.3 is 0 Å². The Bertz CT molecular complexity index is 769. The minimum Gasteiger partial charge on any atom is -0.493 e. The van der Waals surface area contributed by atoms with Crippen molar-refractivity contribution in [2.75, 3.05) is 37.4 Å². The molecule has 7 nitrogen and oxygen atoms in total. The number of ether oxygens (including phenoxy) is 2. The number of aliphatic imine (C=N–C) groups is 1. The summed E-state index contributed by atoms with van der Waals surface area (Å²) in [5, 5.41) is 9.09. The van der Waals surface area contributed by atoms with Gasteiger partial charge in [0.2, 0.25) is 5.91 Å². The molecule has 8 heteroatoms. The van der Waals surface area contributed by atoms with E-state index in [1.807, 2.05) is 62.4 Å². The molecule has 152 valence electrons. The Balaban J connectivity index is 0.00000392. The second kappa shape index (κ2) is 12.8. The van der Waals surface area contributed by atoms with Crippen LogP contribution in [0, 0.1) is 0 Å². The number of halogens is 1. The van der Waals surface area contributed by atoms with E-state index in [4.69, 9.17) is 9.47 Å². The first-order chi connectivity index (χ1) is 13.2. The fourth-order valence-corrected chi connectivity index (χ4v) is 2.34. The van der Waals surface area contributed by atoms with Gasteiger partial charge in [0.25, 0.3) is 0 Å². The smallest absolute Gasteiger partial charge is 0.246 e. The molecular weight excluding hydrogens is 471 g/mol. The molecule has 0 aliphatic rings. The van der Waals surface area contributed by atoms with Gasteiger partial charge in [-0.3, -0.25) is 4.79 Å². The standard InChI is InChI=1S/C20H26N4O3.HI/c1-4-21-20(22-14-19(25)23-15-9-7-6-8-10-15)24-16-11-12-17(27-5-2)18(13-16)26-3;/h6-13H,4-5,14H2,1-3H3,(H,23,25)(H2,21,22,24);1H. The second-order valence-corrected chi connectivity index (χ2v) is 5.53. The first-order valence-electron chi connectivity index (χ1n) is 8.87. The minimum absolute atomic E-state index is 0. The van der Waals surface area contributed by atoms with Crippen molar-refractivity contribution in [2.24, 2.45) is 4.99 Å². The predicted molar refractivity (Wildman–Crippen MR) is 124 cm³/mol. The van der Waals surface area contributed by atoms with Crippen LogP contribution in [0.5, 0.6) is 11.5 Å². The van der Waals surface area contributed by atoms with Gasteiger partial charge in [0.1, 0.15) is 6.54 Å². The Labute approximate surface area is 182 Å². The van der Waals surface area contributed by atoms with E-state index in [0.29, 0.717) is 30.6 Å². The number of rotatable bonds is 8. The normalized spacial score (nSPS) is 10.5. The SMILES string of the molecule is CCNC(=NCC(=O)Nc1ccccc1)Nc1ccc(OCC)c(OC)c1.I. The lowest BCUT2D eigenvalue weighted by molar-refractivity contribution is -0.114. The molecule has 28 heavy (non-hydrogen) atoms. The average Bonchev–Trinajstić information content (AvgIpc) is 2.68. The van der Waals surface area contributed by atoms with Crippen molar-refractivity contribution in [3.63, 3.8) is 0 Å². The Morgan fingerprint density at radius 1 is 1.00 bits per heavy atom. The third kappa shape index (κ3) is 7.63. The van der Waals surface area contributed by atoms with Gasteiger partial charge in [-0.15, -0.1) is 24.0 Å². The maximum Gasteiger partial charge on any atom is 0.246 e. The van der Waals surface area contributed by atoms with Crippen LogP contribution in [0.15, 0.2) is 53.5 Å². The summed E-state index contributed by atoms with van der Waals surface area (Å²) >= 11 is 0.